The summed E-state index contributed by atoms with van der Waals surface area (Å²) in [4.78, 5) is 0. The minimum absolute atomic E-state index is 0.307. The van der Waals surface area contributed by atoms with Crippen LogP contribution in [0.15, 0.2) is 24.3 Å². The van der Waals surface area contributed by atoms with Crippen LogP contribution in [-0.4, -0.2) is 23.3 Å². The number of benzene rings is 1. The molecular weight excluding hydrogens is 268 g/mol. The Morgan fingerprint density at radius 2 is 2.00 bits per heavy atom. The van der Waals surface area contributed by atoms with Gasteiger partial charge in [-0.15, -0.1) is 10.2 Å². The Labute approximate surface area is 116 Å². The maximum absolute atomic E-state index is 6.15. The largest absolute Gasteiger partial charge is 0.280 e. The third-order valence-corrected chi connectivity index (χ3v) is 3.77. The van der Waals surface area contributed by atoms with Crippen molar-refractivity contribution in [2.24, 2.45) is 0 Å². The third-order valence-electron chi connectivity index (χ3n) is 2.48. The van der Waals surface area contributed by atoms with Gasteiger partial charge in [0.1, 0.15) is 0 Å². The number of hydrazine groups is 1. The second-order valence-corrected chi connectivity index (χ2v) is 5.42. The zero-order valence-corrected chi connectivity index (χ0v) is 12.1. The quantitative estimate of drug-likeness (QED) is 0.875. The summed E-state index contributed by atoms with van der Waals surface area (Å²) in [6.45, 7) is 4.18. The zero-order chi connectivity index (χ0) is 13.1. The van der Waals surface area contributed by atoms with E-state index in [0.717, 1.165) is 15.7 Å². The Kier molecular flexibility index (Phi) is 4.16. The van der Waals surface area contributed by atoms with E-state index in [1.165, 1.54) is 11.3 Å². The molecule has 1 aromatic carbocycles. The van der Waals surface area contributed by atoms with Crippen molar-refractivity contribution < 1.29 is 0 Å². The molecule has 1 aromatic heterocycles. The first-order valence-electron chi connectivity index (χ1n) is 5.68. The maximum Gasteiger partial charge on any atom is 0.223 e. The van der Waals surface area contributed by atoms with Crippen LogP contribution in [0.5, 0.6) is 0 Å². The molecule has 0 unspecified atom stereocenters. The van der Waals surface area contributed by atoms with Crippen molar-refractivity contribution in [3.63, 3.8) is 0 Å². The van der Waals surface area contributed by atoms with Crippen LogP contribution in [0.3, 0.4) is 0 Å². The standard InChI is InChI=1S/C12H15ClN4S/c1-8(2)17(14-3)12-16-15-11(18-12)9-6-4-5-7-10(9)13/h4-8,14H,1-3H3. The van der Waals surface area contributed by atoms with E-state index < -0.39 is 0 Å². The van der Waals surface area contributed by atoms with Gasteiger partial charge in [-0.05, 0) is 19.9 Å². The number of nitrogens with zero attached hydrogens (tertiary/aromatic N) is 3. The lowest BCUT2D eigenvalue weighted by Gasteiger charge is -2.23. The molecule has 96 valence electrons. The Bertz CT molecular complexity index is 526. The van der Waals surface area contributed by atoms with Crippen LogP contribution >= 0.6 is 22.9 Å². The van der Waals surface area contributed by atoms with Crippen molar-refractivity contribution in [3.05, 3.63) is 29.3 Å². The number of halogens is 1. The van der Waals surface area contributed by atoms with Crippen LogP contribution in [0.2, 0.25) is 5.02 Å². The lowest BCUT2D eigenvalue weighted by Crippen LogP contribution is -2.40. The van der Waals surface area contributed by atoms with E-state index >= 15 is 0 Å². The first-order chi connectivity index (χ1) is 8.63. The molecule has 4 nitrogen and oxygen atoms in total. The van der Waals surface area contributed by atoms with Gasteiger partial charge in [0.15, 0.2) is 5.01 Å². The highest BCUT2D eigenvalue weighted by molar-refractivity contribution is 7.18. The Morgan fingerprint density at radius 1 is 1.28 bits per heavy atom. The molecule has 0 aliphatic carbocycles. The number of hydrogen-bond acceptors (Lipinski definition) is 5. The molecule has 1 heterocycles. The van der Waals surface area contributed by atoms with Crippen LogP contribution < -0.4 is 10.4 Å². The summed E-state index contributed by atoms with van der Waals surface area (Å²) >= 11 is 7.67. The zero-order valence-electron chi connectivity index (χ0n) is 10.5. The Balaban J connectivity index is 2.34. The van der Waals surface area contributed by atoms with Crippen LogP contribution in [-0.2, 0) is 0 Å². The second kappa shape index (κ2) is 5.65. The minimum atomic E-state index is 0.307. The average molecular weight is 283 g/mol. The van der Waals surface area contributed by atoms with Crippen molar-refractivity contribution >= 4 is 28.1 Å². The summed E-state index contributed by atoms with van der Waals surface area (Å²) < 4.78 is 0. The van der Waals surface area contributed by atoms with Crippen LogP contribution in [0, 0.1) is 0 Å². The number of rotatable bonds is 4. The number of aromatic nitrogens is 2. The molecular formula is C12H15ClN4S. The van der Waals surface area contributed by atoms with Gasteiger partial charge in [0.25, 0.3) is 0 Å². The van der Waals surface area contributed by atoms with Gasteiger partial charge in [-0.25, -0.2) is 5.43 Å². The summed E-state index contributed by atoms with van der Waals surface area (Å²) in [6, 6.07) is 7.96. The van der Waals surface area contributed by atoms with Crippen molar-refractivity contribution in [1.29, 1.82) is 0 Å². The monoisotopic (exact) mass is 282 g/mol. The Hall–Kier alpha value is -1.17. The highest BCUT2D eigenvalue weighted by atomic mass is 35.5. The topological polar surface area (TPSA) is 41.0 Å². The fourth-order valence-corrected chi connectivity index (χ4v) is 2.94. The summed E-state index contributed by atoms with van der Waals surface area (Å²) in [7, 11) is 1.87. The molecule has 0 atom stereocenters. The molecule has 6 heteroatoms. The summed E-state index contributed by atoms with van der Waals surface area (Å²) in [6.07, 6.45) is 0. The summed E-state index contributed by atoms with van der Waals surface area (Å²) in [5, 5.41) is 12.7. The van der Waals surface area contributed by atoms with Crippen molar-refractivity contribution in [2.75, 3.05) is 12.1 Å². The van der Waals surface area contributed by atoms with Gasteiger partial charge in [-0.1, -0.05) is 41.1 Å². The van der Waals surface area contributed by atoms with E-state index in [1.807, 2.05) is 36.3 Å². The fraction of sp³-hybridized carbons (Fsp3) is 0.333. The van der Waals surface area contributed by atoms with Crippen molar-refractivity contribution in [3.8, 4) is 10.6 Å². The van der Waals surface area contributed by atoms with Gasteiger partial charge < -0.3 is 0 Å². The van der Waals surface area contributed by atoms with E-state index in [0.29, 0.717) is 11.1 Å². The van der Waals surface area contributed by atoms with E-state index in [9.17, 15) is 0 Å². The lowest BCUT2D eigenvalue weighted by molar-refractivity contribution is 0.610. The molecule has 0 saturated heterocycles. The van der Waals surface area contributed by atoms with Crippen molar-refractivity contribution in [1.82, 2.24) is 15.6 Å². The molecule has 0 radical (unpaired) electrons. The molecule has 2 aromatic rings. The van der Waals surface area contributed by atoms with Gasteiger partial charge >= 0.3 is 0 Å². The molecule has 0 fully saturated rings. The average Bonchev–Trinajstić information content (AvgIpc) is 2.79. The van der Waals surface area contributed by atoms with Crippen LogP contribution in [0.25, 0.3) is 10.6 Å². The fourth-order valence-electron chi connectivity index (χ4n) is 1.63. The SMILES string of the molecule is CNN(c1nnc(-c2ccccc2Cl)s1)C(C)C. The molecule has 2 rings (SSSR count). The van der Waals surface area contributed by atoms with E-state index in [1.54, 1.807) is 0 Å². The summed E-state index contributed by atoms with van der Waals surface area (Å²) in [5.41, 5.74) is 4.02. The number of hydrogen-bond donors (Lipinski definition) is 1. The third kappa shape index (κ3) is 2.63. The predicted molar refractivity (Wildman–Crippen MR) is 77.0 cm³/mol. The minimum Gasteiger partial charge on any atom is -0.280 e. The second-order valence-electron chi connectivity index (χ2n) is 4.06. The van der Waals surface area contributed by atoms with Gasteiger partial charge in [0, 0.05) is 18.7 Å². The first-order valence-corrected chi connectivity index (χ1v) is 6.88. The van der Waals surface area contributed by atoms with Crippen LogP contribution in [0.1, 0.15) is 13.8 Å². The van der Waals surface area contributed by atoms with Crippen molar-refractivity contribution in [2.45, 2.75) is 19.9 Å². The van der Waals surface area contributed by atoms with Gasteiger partial charge in [0.05, 0.1) is 5.02 Å². The first kappa shape index (κ1) is 13.3. The molecule has 0 saturated carbocycles. The number of nitrogens with one attached hydrogen (secondary N) is 1. The molecule has 1 N–H and O–H groups in total. The van der Waals surface area contributed by atoms with Gasteiger partial charge in [-0.3, -0.25) is 5.01 Å². The highest BCUT2D eigenvalue weighted by Crippen LogP contribution is 2.32. The van der Waals surface area contributed by atoms with Gasteiger partial charge in [-0.2, -0.15) is 0 Å². The molecule has 0 spiro atoms. The molecule has 0 bridgehead atoms. The smallest absolute Gasteiger partial charge is 0.223 e. The van der Waals surface area contributed by atoms with E-state index in [4.69, 9.17) is 11.6 Å². The normalized spacial score (nSPS) is 10.9. The molecule has 0 aliphatic heterocycles. The Morgan fingerprint density at radius 3 is 2.61 bits per heavy atom. The van der Waals surface area contributed by atoms with Gasteiger partial charge in [0.2, 0.25) is 5.13 Å². The summed E-state index contributed by atoms with van der Waals surface area (Å²) in [5.74, 6) is 0. The molecule has 0 amide bonds. The lowest BCUT2D eigenvalue weighted by atomic mass is 10.2. The predicted octanol–water partition coefficient (Wildman–Crippen LogP) is 3.21. The molecule has 0 aliphatic rings. The molecule has 18 heavy (non-hydrogen) atoms. The number of anilines is 1. The highest BCUT2D eigenvalue weighted by Gasteiger charge is 2.16. The van der Waals surface area contributed by atoms with Crippen LogP contribution in [0.4, 0.5) is 5.13 Å². The van der Waals surface area contributed by atoms with E-state index in [-0.39, 0.29) is 0 Å². The van der Waals surface area contributed by atoms with E-state index in [2.05, 4.69) is 29.5 Å². The maximum atomic E-state index is 6.15.